The second-order valence-electron chi connectivity index (χ2n) is 6.39. The summed E-state index contributed by atoms with van der Waals surface area (Å²) in [4.78, 5) is 13.9. The molecule has 1 aromatic rings. The van der Waals surface area contributed by atoms with Crippen molar-refractivity contribution in [1.29, 1.82) is 0 Å². The molecule has 2 fully saturated rings. The molecule has 1 aromatic heterocycles. The van der Waals surface area contributed by atoms with Gasteiger partial charge in [-0.25, -0.2) is 15.8 Å². The fraction of sp³-hybridized carbons (Fsp3) is 0.733. The molecule has 0 aliphatic carbocycles. The number of nitrogens with two attached hydrogens (primary N) is 1. The molecule has 6 heteroatoms. The Hall–Kier alpha value is -1.40. The summed E-state index contributed by atoms with van der Waals surface area (Å²) >= 11 is 0. The third kappa shape index (κ3) is 2.82. The Labute approximate surface area is 126 Å². The molecule has 116 valence electrons. The Morgan fingerprint density at radius 3 is 2.81 bits per heavy atom. The first kappa shape index (κ1) is 14.5. The SMILES string of the molecule is CC(C)c1c(NN)ncnc1N1CCCN2CCCC2C1. The highest BCUT2D eigenvalue weighted by molar-refractivity contribution is 5.60. The van der Waals surface area contributed by atoms with Crippen molar-refractivity contribution in [3.8, 4) is 0 Å². The number of anilines is 2. The van der Waals surface area contributed by atoms with Crippen LogP contribution < -0.4 is 16.2 Å². The summed E-state index contributed by atoms with van der Waals surface area (Å²) in [5, 5.41) is 0. The molecule has 2 aliphatic heterocycles. The summed E-state index contributed by atoms with van der Waals surface area (Å²) in [6.07, 6.45) is 5.45. The zero-order chi connectivity index (χ0) is 14.8. The van der Waals surface area contributed by atoms with Gasteiger partial charge in [-0.1, -0.05) is 13.8 Å². The van der Waals surface area contributed by atoms with Crippen LogP contribution >= 0.6 is 0 Å². The van der Waals surface area contributed by atoms with Gasteiger partial charge in [0.05, 0.1) is 0 Å². The maximum atomic E-state index is 5.64. The molecule has 3 rings (SSSR count). The van der Waals surface area contributed by atoms with Gasteiger partial charge in [-0.2, -0.15) is 0 Å². The number of nitrogens with one attached hydrogen (secondary N) is 1. The molecule has 2 saturated heterocycles. The Kier molecular flexibility index (Phi) is 4.26. The van der Waals surface area contributed by atoms with Crippen molar-refractivity contribution in [3.05, 3.63) is 11.9 Å². The van der Waals surface area contributed by atoms with Gasteiger partial charge in [-0.05, 0) is 31.7 Å². The van der Waals surface area contributed by atoms with E-state index in [1.807, 2.05) is 0 Å². The minimum atomic E-state index is 0.343. The van der Waals surface area contributed by atoms with Crippen LogP contribution in [0.3, 0.4) is 0 Å². The Morgan fingerprint density at radius 1 is 1.24 bits per heavy atom. The summed E-state index contributed by atoms with van der Waals surface area (Å²) < 4.78 is 0. The largest absolute Gasteiger partial charge is 0.355 e. The number of hydrazine groups is 1. The van der Waals surface area contributed by atoms with Gasteiger partial charge in [0.15, 0.2) is 0 Å². The smallest absolute Gasteiger partial charge is 0.148 e. The van der Waals surface area contributed by atoms with Crippen LogP contribution in [0.2, 0.25) is 0 Å². The van der Waals surface area contributed by atoms with Crippen LogP contribution in [0, 0.1) is 0 Å². The number of aromatic nitrogens is 2. The first-order valence-electron chi connectivity index (χ1n) is 8.01. The number of nitrogen functional groups attached to an aromatic ring is 1. The van der Waals surface area contributed by atoms with E-state index in [0.717, 1.165) is 30.3 Å². The highest BCUT2D eigenvalue weighted by Crippen LogP contribution is 2.32. The van der Waals surface area contributed by atoms with E-state index in [-0.39, 0.29) is 0 Å². The molecular weight excluding hydrogens is 264 g/mol. The molecule has 6 nitrogen and oxygen atoms in total. The average Bonchev–Trinajstić information content (AvgIpc) is 2.83. The zero-order valence-corrected chi connectivity index (χ0v) is 13.0. The summed E-state index contributed by atoms with van der Waals surface area (Å²) in [5.74, 6) is 7.79. The average molecular weight is 290 g/mol. The van der Waals surface area contributed by atoms with Crippen LogP contribution in [-0.2, 0) is 0 Å². The Balaban J connectivity index is 1.91. The molecule has 2 aliphatic rings. The molecule has 1 unspecified atom stereocenters. The van der Waals surface area contributed by atoms with Gasteiger partial charge >= 0.3 is 0 Å². The lowest BCUT2D eigenvalue weighted by Gasteiger charge is -2.29. The lowest BCUT2D eigenvalue weighted by Crippen LogP contribution is -2.37. The third-order valence-corrected chi connectivity index (χ3v) is 4.68. The van der Waals surface area contributed by atoms with Gasteiger partial charge in [0.2, 0.25) is 0 Å². The van der Waals surface area contributed by atoms with Gasteiger partial charge in [0.1, 0.15) is 18.0 Å². The van der Waals surface area contributed by atoms with Crippen LogP contribution in [0.15, 0.2) is 6.33 Å². The summed E-state index contributed by atoms with van der Waals surface area (Å²) in [5.41, 5.74) is 3.86. The number of rotatable bonds is 3. The number of hydrogen-bond donors (Lipinski definition) is 2. The Morgan fingerprint density at radius 2 is 2.05 bits per heavy atom. The van der Waals surface area contributed by atoms with E-state index >= 15 is 0 Å². The second kappa shape index (κ2) is 6.15. The number of hydrogen-bond acceptors (Lipinski definition) is 6. The number of nitrogens with zero attached hydrogens (tertiary/aromatic N) is 4. The highest BCUT2D eigenvalue weighted by atomic mass is 15.3. The van der Waals surface area contributed by atoms with E-state index in [2.05, 4.69) is 39.0 Å². The van der Waals surface area contributed by atoms with E-state index in [9.17, 15) is 0 Å². The monoisotopic (exact) mass is 290 g/mol. The van der Waals surface area contributed by atoms with E-state index in [1.54, 1.807) is 6.33 Å². The molecule has 3 N–H and O–H groups in total. The van der Waals surface area contributed by atoms with Crippen LogP contribution in [0.4, 0.5) is 11.6 Å². The maximum absolute atomic E-state index is 5.64. The van der Waals surface area contributed by atoms with Crippen molar-refractivity contribution in [2.24, 2.45) is 5.84 Å². The molecule has 0 saturated carbocycles. The summed E-state index contributed by atoms with van der Waals surface area (Å²) in [7, 11) is 0. The van der Waals surface area contributed by atoms with Crippen molar-refractivity contribution in [3.63, 3.8) is 0 Å². The molecule has 0 spiro atoms. The predicted octanol–water partition coefficient (Wildman–Crippen LogP) is 1.56. The Bertz CT molecular complexity index is 489. The van der Waals surface area contributed by atoms with Crippen molar-refractivity contribution < 1.29 is 0 Å². The minimum Gasteiger partial charge on any atom is -0.355 e. The molecule has 0 bridgehead atoms. The molecular formula is C15H26N6. The van der Waals surface area contributed by atoms with Gasteiger partial charge < -0.3 is 10.3 Å². The van der Waals surface area contributed by atoms with Crippen LogP contribution in [0.5, 0.6) is 0 Å². The van der Waals surface area contributed by atoms with Crippen LogP contribution in [0.25, 0.3) is 0 Å². The van der Waals surface area contributed by atoms with Crippen molar-refractivity contribution in [2.45, 2.75) is 45.1 Å². The van der Waals surface area contributed by atoms with Crippen LogP contribution in [0.1, 0.15) is 44.6 Å². The van der Waals surface area contributed by atoms with E-state index in [1.165, 1.54) is 32.4 Å². The molecule has 3 heterocycles. The predicted molar refractivity (Wildman–Crippen MR) is 85.4 cm³/mol. The molecule has 1 atom stereocenters. The van der Waals surface area contributed by atoms with E-state index in [0.29, 0.717) is 12.0 Å². The number of fused-ring (bicyclic) bond motifs is 1. The van der Waals surface area contributed by atoms with Gasteiger partial charge in [-0.15, -0.1) is 0 Å². The van der Waals surface area contributed by atoms with E-state index < -0.39 is 0 Å². The molecule has 21 heavy (non-hydrogen) atoms. The lowest BCUT2D eigenvalue weighted by molar-refractivity contribution is 0.273. The van der Waals surface area contributed by atoms with Gasteiger partial charge in [-0.3, -0.25) is 4.90 Å². The molecule has 0 radical (unpaired) electrons. The van der Waals surface area contributed by atoms with E-state index in [4.69, 9.17) is 5.84 Å². The summed E-state index contributed by atoms with van der Waals surface area (Å²) in [6.45, 7) is 8.94. The summed E-state index contributed by atoms with van der Waals surface area (Å²) in [6, 6.07) is 0.678. The minimum absolute atomic E-state index is 0.343. The van der Waals surface area contributed by atoms with Crippen LogP contribution in [-0.4, -0.2) is 47.1 Å². The van der Waals surface area contributed by atoms with Gasteiger partial charge in [0, 0.05) is 31.2 Å². The lowest BCUT2D eigenvalue weighted by atomic mass is 10.0. The first-order chi connectivity index (χ1) is 10.2. The fourth-order valence-corrected chi connectivity index (χ4v) is 3.68. The molecule has 0 amide bonds. The highest BCUT2D eigenvalue weighted by Gasteiger charge is 2.30. The van der Waals surface area contributed by atoms with Crippen molar-refractivity contribution >= 4 is 11.6 Å². The fourth-order valence-electron chi connectivity index (χ4n) is 3.68. The normalized spacial score (nSPS) is 23.2. The van der Waals surface area contributed by atoms with Gasteiger partial charge in [0.25, 0.3) is 0 Å². The van der Waals surface area contributed by atoms with Crippen molar-refractivity contribution in [1.82, 2.24) is 14.9 Å². The van der Waals surface area contributed by atoms with Crippen molar-refractivity contribution in [2.75, 3.05) is 36.5 Å². The standard InChI is InChI=1S/C15H26N6/c1-11(2)13-14(19-16)17-10-18-15(13)21-8-4-7-20-6-3-5-12(20)9-21/h10-12H,3-9,16H2,1-2H3,(H,17,18,19). The quantitative estimate of drug-likeness (QED) is 0.650. The second-order valence-corrected chi connectivity index (χ2v) is 6.39. The first-order valence-corrected chi connectivity index (χ1v) is 8.01. The third-order valence-electron chi connectivity index (χ3n) is 4.68. The zero-order valence-electron chi connectivity index (χ0n) is 13.0. The molecule has 0 aromatic carbocycles. The maximum Gasteiger partial charge on any atom is 0.148 e. The topological polar surface area (TPSA) is 70.3 Å².